The van der Waals surface area contributed by atoms with Crippen molar-refractivity contribution in [2.24, 2.45) is 13.0 Å². The van der Waals surface area contributed by atoms with E-state index in [1.54, 1.807) is 4.68 Å². The Labute approximate surface area is 105 Å². The van der Waals surface area contributed by atoms with E-state index in [9.17, 15) is 9.59 Å². The van der Waals surface area contributed by atoms with E-state index >= 15 is 0 Å². The van der Waals surface area contributed by atoms with Crippen molar-refractivity contribution in [1.82, 2.24) is 9.78 Å². The van der Waals surface area contributed by atoms with Crippen LogP contribution in [0, 0.1) is 5.92 Å². The van der Waals surface area contributed by atoms with E-state index < -0.39 is 0 Å². The van der Waals surface area contributed by atoms with Gasteiger partial charge in [0.1, 0.15) is 11.5 Å². The van der Waals surface area contributed by atoms with Crippen LogP contribution in [0.5, 0.6) is 0 Å². The van der Waals surface area contributed by atoms with Crippen LogP contribution in [0.1, 0.15) is 29.8 Å². The van der Waals surface area contributed by atoms with Crippen molar-refractivity contribution < 1.29 is 9.59 Å². The van der Waals surface area contributed by atoms with Gasteiger partial charge in [0, 0.05) is 18.4 Å². The van der Waals surface area contributed by atoms with Gasteiger partial charge in [0.05, 0.1) is 11.9 Å². The van der Waals surface area contributed by atoms with Gasteiger partial charge in [-0.05, 0) is 18.9 Å². The van der Waals surface area contributed by atoms with E-state index in [-0.39, 0.29) is 23.9 Å². The molecule has 0 N–H and O–H groups in total. The smallest absolute Gasteiger partial charge is 0.191 e. The van der Waals surface area contributed by atoms with Crippen LogP contribution >= 0.6 is 0 Å². The summed E-state index contributed by atoms with van der Waals surface area (Å²) in [4.78, 5) is 23.8. The molecule has 1 heterocycles. The molecule has 1 aliphatic rings. The highest BCUT2D eigenvalue weighted by atomic mass is 16.1. The summed E-state index contributed by atoms with van der Waals surface area (Å²) in [7, 11) is 1.81. The molecule has 0 atom stereocenters. The molecule has 2 aromatic rings. The van der Waals surface area contributed by atoms with Crippen LogP contribution < -0.4 is 0 Å². The number of hydrogen-bond donors (Lipinski definition) is 0. The molecular weight excluding hydrogens is 228 g/mol. The van der Waals surface area contributed by atoms with E-state index in [0.29, 0.717) is 5.69 Å². The van der Waals surface area contributed by atoms with Crippen LogP contribution in [0.15, 0.2) is 24.3 Å². The van der Waals surface area contributed by atoms with Gasteiger partial charge in [-0.25, -0.2) is 0 Å². The monoisotopic (exact) mass is 242 g/mol. The fourth-order valence-corrected chi connectivity index (χ4v) is 2.21. The molecule has 3 rings (SSSR count). The van der Waals surface area contributed by atoms with Crippen molar-refractivity contribution in [3.05, 3.63) is 30.0 Å². The average Bonchev–Trinajstić information content (AvgIpc) is 3.15. The second-order valence-electron chi connectivity index (χ2n) is 4.83. The maximum atomic E-state index is 12.1. The molecular formula is C14H14N2O2. The summed E-state index contributed by atoms with van der Waals surface area (Å²) < 4.78 is 1.68. The normalized spacial score (nSPS) is 14.9. The van der Waals surface area contributed by atoms with E-state index in [1.807, 2.05) is 31.3 Å². The quantitative estimate of drug-likeness (QED) is 0.609. The van der Waals surface area contributed by atoms with Crippen molar-refractivity contribution in [2.75, 3.05) is 0 Å². The van der Waals surface area contributed by atoms with Crippen LogP contribution in [0.4, 0.5) is 0 Å². The lowest BCUT2D eigenvalue weighted by molar-refractivity contribution is -0.119. The van der Waals surface area contributed by atoms with Gasteiger partial charge in [-0.2, -0.15) is 5.10 Å². The number of Topliss-reactive ketones (excluding diaryl/α,β-unsaturated/α-hetero) is 2. The van der Waals surface area contributed by atoms with Gasteiger partial charge in [-0.15, -0.1) is 0 Å². The summed E-state index contributed by atoms with van der Waals surface area (Å²) >= 11 is 0. The highest BCUT2D eigenvalue weighted by Gasteiger charge is 2.31. The van der Waals surface area contributed by atoms with Crippen molar-refractivity contribution in [1.29, 1.82) is 0 Å². The summed E-state index contributed by atoms with van der Waals surface area (Å²) in [6.07, 6.45) is 1.87. The zero-order chi connectivity index (χ0) is 12.7. The SMILES string of the molecule is Cn1nc(C(=O)CC(=O)C2CC2)c2ccccc21. The van der Waals surface area contributed by atoms with Crippen LogP contribution in [-0.2, 0) is 11.8 Å². The molecule has 4 heteroatoms. The van der Waals surface area contributed by atoms with E-state index in [0.717, 1.165) is 23.7 Å². The molecule has 0 unspecified atom stereocenters. The van der Waals surface area contributed by atoms with Crippen LogP contribution in [0.3, 0.4) is 0 Å². The largest absolute Gasteiger partial charge is 0.299 e. The number of aromatic nitrogens is 2. The number of fused-ring (bicyclic) bond motifs is 1. The van der Waals surface area contributed by atoms with Gasteiger partial charge in [-0.3, -0.25) is 14.3 Å². The maximum Gasteiger partial charge on any atom is 0.191 e. The highest BCUT2D eigenvalue weighted by Crippen LogP contribution is 2.31. The van der Waals surface area contributed by atoms with Gasteiger partial charge in [0.2, 0.25) is 0 Å². The Balaban J connectivity index is 1.93. The molecule has 1 aliphatic carbocycles. The molecule has 1 fully saturated rings. The predicted molar refractivity (Wildman–Crippen MR) is 67.4 cm³/mol. The lowest BCUT2D eigenvalue weighted by Gasteiger charge is -1.96. The number of ketones is 2. The third-order valence-electron chi connectivity index (χ3n) is 3.39. The maximum absolute atomic E-state index is 12.1. The first-order valence-electron chi connectivity index (χ1n) is 6.14. The first-order chi connectivity index (χ1) is 8.66. The van der Waals surface area contributed by atoms with Crippen LogP contribution in [-0.4, -0.2) is 21.3 Å². The molecule has 0 amide bonds. The number of para-hydroxylation sites is 1. The average molecular weight is 242 g/mol. The molecule has 1 aromatic heterocycles. The lowest BCUT2D eigenvalue weighted by atomic mass is 10.1. The molecule has 0 bridgehead atoms. The molecule has 0 saturated heterocycles. The molecule has 4 nitrogen and oxygen atoms in total. The first-order valence-corrected chi connectivity index (χ1v) is 6.14. The minimum absolute atomic E-state index is 0.00826. The van der Waals surface area contributed by atoms with Gasteiger partial charge in [0.15, 0.2) is 5.78 Å². The lowest BCUT2D eigenvalue weighted by Crippen LogP contribution is -2.10. The first kappa shape index (κ1) is 11.1. The standard InChI is InChI=1S/C14H14N2O2/c1-16-11-5-3-2-4-10(11)14(15-16)13(18)8-12(17)9-6-7-9/h2-5,9H,6-8H2,1H3. The molecule has 1 aromatic carbocycles. The Bertz CT molecular complexity index is 638. The number of carbonyl (C=O) groups excluding carboxylic acids is 2. The van der Waals surface area contributed by atoms with Crippen molar-refractivity contribution in [3.63, 3.8) is 0 Å². The summed E-state index contributed by atoms with van der Waals surface area (Å²) in [5.74, 6) is 0.0300. The molecule has 92 valence electrons. The summed E-state index contributed by atoms with van der Waals surface area (Å²) in [5, 5.41) is 5.06. The number of rotatable bonds is 4. The summed E-state index contributed by atoms with van der Waals surface area (Å²) in [6.45, 7) is 0. The Morgan fingerprint density at radius 1 is 1.33 bits per heavy atom. The Morgan fingerprint density at radius 2 is 2.06 bits per heavy atom. The molecule has 18 heavy (non-hydrogen) atoms. The van der Waals surface area contributed by atoms with Gasteiger partial charge < -0.3 is 0 Å². The second-order valence-corrected chi connectivity index (χ2v) is 4.83. The molecule has 0 radical (unpaired) electrons. The Hall–Kier alpha value is -1.97. The van der Waals surface area contributed by atoms with Crippen molar-refractivity contribution >= 4 is 22.5 Å². The number of carbonyl (C=O) groups is 2. The summed E-state index contributed by atoms with van der Waals surface area (Å²) in [5.41, 5.74) is 1.34. The zero-order valence-electron chi connectivity index (χ0n) is 10.2. The minimum atomic E-state index is -0.163. The third-order valence-corrected chi connectivity index (χ3v) is 3.39. The second kappa shape index (κ2) is 4.05. The number of nitrogens with zero attached hydrogens (tertiary/aromatic N) is 2. The molecule has 0 spiro atoms. The molecule has 0 aliphatic heterocycles. The fraction of sp³-hybridized carbons (Fsp3) is 0.357. The predicted octanol–water partition coefficient (Wildman–Crippen LogP) is 2.13. The van der Waals surface area contributed by atoms with Gasteiger partial charge >= 0.3 is 0 Å². The minimum Gasteiger partial charge on any atom is -0.299 e. The van der Waals surface area contributed by atoms with Crippen molar-refractivity contribution in [2.45, 2.75) is 19.3 Å². The van der Waals surface area contributed by atoms with Crippen LogP contribution in [0.25, 0.3) is 10.9 Å². The fourth-order valence-electron chi connectivity index (χ4n) is 2.21. The number of benzene rings is 1. The van der Waals surface area contributed by atoms with E-state index in [1.165, 1.54) is 0 Å². The highest BCUT2D eigenvalue weighted by molar-refractivity contribution is 6.13. The van der Waals surface area contributed by atoms with Crippen LogP contribution in [0.2, 0.25) is 0 Å². The number of hydrogen-bond acceptors (Lipinski definition) is 3. The van der Waals surface area contributed by atoms with Crippen molar-refractivity contribution in [3.8, 4) is 0 Å². The summed E-state index contributed by atoms with van der Waals surface area (Å²) in [6, 6.07) is 7.58. The van der Waals surface area contributed by atoms with E-state index in [2.05, 4.69) is 5.10 Å². The topological polar surface area (TPSA) is 52.0 Å². The van der Waals surface area contributed by atoms with Gasteiger partial charge in [-0.1, -0.05) is 18.2 Å². The van der Waals surface area contributed by atoms with E-state index in [4.69, 9.17) is 0 Å². The number of aryl methyl sites for hydroxylation is 1. The molecule has 1 saturated carbocycles. The Kier molecular flexibility index (Phi) is 2.51. The Morgan fingerprint density at radius 3 is 2.78 bits per heavy atom. The zero-order valence-corrected chi connectivity index (χ0v) is 10.2. The van der Waals surface area contributed by atoms with Gasteiger partial charge in [0.25, 0.3) is 0 Å². The third kappa shape index (κ3) is 1.83.